The fourth-order valence-corrected chi connectivity index (χ4v) is 3.28. The fourth-order valence-electron chi connectivity index (χ4n) is 1.41. The van der Waals surface area contributed by atoms with Gasteiger partial charge in [-0.1, -0.05) is 23.9 Å². The molecule has 0 aliphatic rings. The van der Waals surface area contributed by atoms with Gasteiger partial charge in [0.1, 0.15) is 0 Å². The highest BCUT2D eigenvalue weighted by Crippen LogP contribution is 2.28. The zero-order chi connectivity index (χ0) is 13.7. The number of carbonyl (C=O) groups excluding carboxylic acids is 2. The van der Waals surface area contributed by atoms with Gasteiger partial charge in [0.15, 0.2) is 4.34 Å². The second kappa shape index (κ2) is 6.53. The van der Waals surface area contributed by atoms with Gasteiger partial charge in [0.2, 0.25) is 5.91 Å². The van der Waals surface area contributed by atoms with Gasteiger partial charge in [0.25, 0.3) is 0 Å². The summed E-state index contributed by atoms with van der Waals surface area (Å²) in [4.78, 5) is 27.0. The Morgan fingerprint density at radius 3 is 2.89 bits per heavy atom. The number of carbonyl (C=O) groups is 2. The summed E-state index contributed by atoms with van der Waals surface area (Å²) in [7, 11) is 0. The van der Waals surface area contributed by atoms with Crippen LogP contribution in [0.3, 0.4) is 0 Å². The Labute approximate surface area is 118 Å². The topological polar surface area (TPSA) is 71.1 Å². The Morgan fingerprint density at radius 2 is 2.16 bits per heavy atom. The van der Waals surface area contributed by atoms with Crippen molar-refractivity contribution in [3.8, 4) is 0 Å². The van der Waals surface area contributed by atoms with Crippen LogP contribution in [0.1, 0.15) is 6.92 Å². The SMILES string of the molecule is CCNC(=O)NC(=O)CSc1nc2ccccc2s1. The van der Waals surface area contributed by atoms with E-state index in [1.807, 2.05) is 24.3 Å². The molecule has 1 heterocycles. The Balaban J connectivity index is 1.88. The number of hydrogen-bond donors (Lipinski definition) is 2. The van der Waals surface area contributed by atoms with Crippen molar-refractivity contribution in [3.63, 3.8) is 0 Å². The number of rotatable bonds is 4. The van der Waals surface area contributed by atoms with Gasteiger partial charge in [-0.25, -0.2) is 9.78 Å². The van der Waals surface area contributed by atoms with Gasteiger partial charge < -0.3 is 5.32 Å². The maximum atomic E-state index is 11.5. The number of aromatic nitrogens is 1. The minimum Gasteiger partial charge on any atom is -0.338 e. The third-order valence-electron chi connectivity index (χ3n) is 2.19. The maximum Gasteiger partial charge on any atom is 0.321 e. The molecule has 2 rings (SSSR count). The van der Waals surface area contributed by atoms with Crippen LogP contribution in [0.4, 0.5) is 4.79 Å². The van der Waals surface area contributed by atoms with Gasteiger partial charge in [0.05, 0.1) is 16.0 Å². The molecule has 0 atom stereocenters. The van der Waals surface area contributed by atoms with Gasteiger partial charge in [0, 0.05) is 6.54 Å². The predicted octanol–water partition coefficient (Wildman–Crippen LogP) is 2.23. The van der Waals surface area contributed by atoms with Crippen LogP contribution in [0.15, 0.2) is 28.6 Å². The Hall–Kier alpha value is -1.60. The van der Waals surface area contributed by atoms with E-state index in [-0.39, 0.29) is 11.7 Å². The van der Waals surface area contributed by atoms with Gasteiger partial charge in [-0.15, -0.1) is 11.3 Å². The molecule has 0 saturated carbocycles. The van der Waals surface area contributed by atoms with Crippen molar-refractivity contribution in [1.82, 2.24) is 15.6 Å². The Morgan fingerprint density at radius 1 is 1.37 bits per heavy atom. The van der Waals surface area contributed by atoms with Crippen LogP contribution >= 0.6 is 23.1 Å². The predicted molar refractivity (Wildman–Crippen MR) is 77.6 cm³/mol. The quantitative estimate of drug-likeness (QED) is 0.849. The molecule has 100 valence electrons. The van der Waals surface area contributed by atoms with Crippen LogP contribution in [0.25, 0.3) is 10.2 Å². The molecule has 0 aliphatic heterocycles. The molecule has 19 heavy (non-hydrogen) atoms. The summed E-state index contributed by atoms with van der Waals surface area (Å²) in [5, 5.41) is 4.75. The van der Waals surface area contributed by atoms with Crippen LogP contribution in [0.2, 0.25) is 0 Å². The first-order valence-electron chi connectivity index (χ1n) is 5.75. The Kier molecular flexibility index (Phi) is 4.75. The first kappa shape index (κ1) is 13.8. The number of fused-ring (bicyclic) bond motifs is 1. The number of imide groups is 1. The largest absolute Gasteiger partial charge is 0.338 e. The van der Waals surface area contributed by atoms with E-state index in [1.54, 1.807) is 6.92 Å². The van der Waals surface area contributed by atoms with Crippen LogP contribution in [-0.2, 0) is 4.79 Å². The lowest BCUT2D eigenvalue weighted by Gasteiger charge is -2.02. The van der Waals surface area contributed by atoms with Gasteiger partial charge in [-0.2, -0.15) is 0 Å². The molecule has 5 nitrogen and oxygen atoms in total. The highest BCUT2D eigenvalue weighted by molar-refractivity contribution is 8.01. The zero-order valence-electron chi connectivity index (χ0n) is 10.3. The summed E-state index contributed by atoms with van der Waals surface area (Å²) in [5.74, 6) is -0.146. The number of nitrogens with one attached hydrogen (secondary N) is 2. The zero-order valence-corrected chi connectivity index (χ0v) is 11.9. The number of urea groups is 1. The summed E-state index contributed by atoms with van der Waals surface area (Å²) >= 11 is 2.87. The van der Waals surface area contributed by atoms with Gasteiger partial charge in [-0.05, 0) is 19.1 Å². The molecule has 0 unspecified atom stereocenters. The molecule has 1 aromatic heterocycles. The van der Waals surface area contributed by atoms with Crippen LogP contribution in [0, 0.1) is 0 Å². The van der Waals surface area contributed by atoms with Crippen molar-refractivity contribution in [1.29, 1.82) is 0 Å². The van der Waals surface area contributed by atoms with Crippen molar-refractivity contribution < 1.29 is 9.59 Å². The van der Waals surface area contributed by atoms with E-state index in [4.69, 9.17) is 0 Å². The smallest absolute Gasteiger partial charge is 0.321 e. The Bertz CT molecular complexity index is 564. The number of nitrogens with zero attached hydrogens (tertiary/aromatic N) is 1. The normalized spacial score (nSPS) is 10.4. The van der Waals surface area contributed by atoms with E-state index in [9.17, 15) is 9.59 Å². The molecule has 0 spiro atoms. The molecule has 3 amide bonds. The molecule has 1 aromatic carbocycles. The molecular weight excluding hydrogens is 282 g/mol. The molecular formula is C12H13N3O2S2. The standard InChI is InChI=1S/C12H13N3O2S2/c1-2-13-11(17)15-10(16)7-18-12-14-8-5-3-4-6-9(8)19-12/h3-6H,2,7H2,1H3,(H2,13,15,16,17). The van der Waals surface area contributed by atoms with Crippen molar-refractivity contribution in [2.45, 2.75) is 11.3 Å². The third-order valence-corrected chi connectivity index (χ3v) is 4.37. The highest BCUT2D eigenvalue weighted by Gasteiger charge is 2.09. The molecule has 7 heteroatoms. The van der Waals surface area contributed by atoms with Gasteiger partial charge >= 0.3 is 6.03 Å². The van der Waals surface area contributed by atoms with E-state index in [1.165, 1.54) is 23.1 Å². The van der Waals surface area contributed by atoms with Crippen LogP contribution < -0.4 is 10.6 Å². The van der Waals surface area contributed by atoms with E-state index in [0.29, 0.717) is 6.54 Å². The summed E-state index contributed by atoms with van der Waals surface area (Å²) in [6.45, 7) is 2.28. The van der Waals surface area contributed by atoms with E-state index >= 15 is 0 Å². The van der Waals surface area contributed by atoms with E-state index in [2.05, 4.69) is 15.6 Å². The number of para-hydroxylation sites is 1. The molecule has 2 aromatic rings. The minimum absolute atomic E-state index is 0.178. The van der Waals surface area contributed by atoms with Gasteiger partial charge in [-0.3, -0.25) is 10.1 Å². The lowest BCUT2D eigenvalue weighted by Crippen LogP contribution is -2.40. The lowest BCUT2D eigenvalue weighted by molar-refractivity contribution is -0.117. The van der Waals surface area contributed by atoms with Crippen LogP contribution in [-0.4, -0.2) is 29.2 Å². The summed E-state index contributed by atoms with van der Waals surface area (Å²) in [6, 6.07) is 7.35. The number of amides is 3. The number of thiazole rings is 1. The van der Waals surface area contributed by atoms with Crippen molar-refractivity contribution in [3.05, 3.63) is 24.3 Å². The summed E-state index contributed by atoms with van der Waals surface area (Å²) in [5.41, 5.74) is 0.930. The number of thioether (sulfide) groups is 1. The van der Waals surface area contributed by atoms with Crippen molar-refractivity contribution in [2.24, 2.45) is 0 Å². The monoisotopic (exact) mass is 295 g/mol. The van der Waals surface area contributed by atoms with E-state index < -0.39 is 6.03 Å². The molecule has 0 aliphatic carbocycles. The van der Waals surface area contributed by atoms with Crippen LogP contribution in [0.5, 0.6) is 0 Å². The minimum atomic E-state index is -0.461. The summed E-state index contributed by atoms with van der Waals surface area (Å²) in [6.07, 6.45) is 0. The second-order valence-electron chi connectivity index (χ2n) is 3.64. The third kappa shape index (κ3) is 3.93. The second-order valence-corrected chi connectivity index (χ2v) is 5.90. The molecule has 2 N–H and O–H groups in total. The number of hydrogen-bond acceptors (Lipinski definition) is 5. The highest BCUT2D eigenvalue weighted by atomic mass is 32.2. The number of benzene rings is 1. The van der Waals surface area contributed by atoms with Crippen molar-refractivity contribution >= 4 is 45.3 Å². The maximum absolute atomic E-state index is 11.5. The summed E-state index contributed by atoms with van der Waals surface area (Å²) < 4.78 is 1.92. The van der Waals surface area contributed by atoms with E-state index in [0.717, 1.165) is 14.6 Å². The molecule has 0 fully saturated rings. The van der Waals surface area contributed by atoms with Crippen molar-refractivity contribution in [2.75, 3.05) is 12.3 Å². The average Bonchev–Trinajstić information content (AvgIpc) is 2.79. The fraction of sp³-hybridized carbons (Fsp3) is 0.250. The first-order valence-corrected chi connectivity index (χ1v) is 7.55. The average molecular weight is 295 g/mol. The first-order chi connectivity index (χ1) is 9.19. The lowest BCUT2D eigenvalue weighted by atomic mass is 10.3. The molecule has 0 saturated heterocycles. The molecule has 0 radical (unpaired) electrons. The molecule has 0 bridgehead atoms.